The van der Waals surface area contributed by atoms with E-state index in [1.165, 1.54) is 0 Å². The average molecular weight is 253 g/mol. The van der Waals surface area contributed by atoms with Crippen LogP contribution in [-0.2, 0) is 12.8 Å². The minimum atomic E-state index is 0.179. The Hall–Kier alpha value is -2.16. The van der Waals surface area contributed by atoms with Crippen LogP contribution in [0.3, 0.4) is 0 Å². The van der Waals surface area contributed by atoms with Gasteiger partial charge in [-0.3, -0.25) is 9.78 Å². The number of hydrogen-bond acceptors (Lipinski definition) is 3. The van der Waals surface area contributed by atoms with Crippen molar-refractivity contribution in [1.29, 1.82) is 0 Å². The molecule has 0 amide bonds. The predicted octanol–water partition coefficient (Wildman–Crippen LogP) is 2.83. The number of fused-ring (bicyclic) bond motifs is 1. The summed E-state index contributed by atoms with van der Waals surface area (Å²) in [6, 6.07) is 9.62. The van der Waals surface area contributed by atoms with E-state index >= 15 is 0 Å². The van der Waals surface area contributed by atoms with Crippen LogP contribution in [0.1, 0.15) is 27.9 Å². The zero-order valence-electron chi connectivity index (χ0n) is 10.6. The summed E-state index contributed by atoms with van der Waals surface area (Å²) < 4.78 is 5.44. The van der Waals surface area contributed by atoms with Crippen LogP contribution < -0.4 is 4.74 Å². The maximum atomic E-state index is 12.2. The van der Waals surface area contributed by atoms with E-state index in [0.717, 1.165) is 41.9 Å². The summed E-state index contributed by atoms with van der Waals surface area (Å²) >= 11 is 0. The number of benzene rings is 1. The molecule has 2 aromatic rings. The van der Waals surface area contributed by atoms with Crippen molar-refractivity contribution in [3.8, 4) is 5.75 Å². The second-order valence-corrected chi connectivity index (χ2v) is 4.71. The molecule has 2 heterocycles. The van der Waals surface area contributed by atoms with E-state index in [2.05, 4.69) is 4.98 Å². The summed E-state index contributed by atoms with van der Waals surface area (Å²) in [6.45, 7) is 0.725. The number of ketones is 1. The molecule has 0 fully saturated rings. The van der Waals surface area contributed by atoms with Crippen LogP contribution in [0.25, 0.3) is 0 Å². The molecule has 0 radical (unpaired) electrons. The molecule has 1 aromatic heterocycles. The fraction of sp³-hybridized carbons (Fsp3) is 0.250. The molecule has 3 heteroatoms. The molecule has 1 aliphatic heterocycles. The van der Waals surface area contributed by atoms with Crippen molar-refractivity contribution in [2.45, 2.75) is 19.3 Å². The summed E-state index contributed by atoms with van der Waals surface area (Å²) in [4.78, 5) is 16.2. The minimum absolute atomic E-state index is 0.179. The van der Waals surface area contributed by atoms with Gasteiger partial charge >= 0.3 is 0 Å². The van der Waals surface area contributed by atoms with E-state index in [1.807, 2.05) is 36.5 Å². The van der Waals surface area contributed by atoms with Crippen LogP contribution in [0.15, 0.2) is 42.7 Å². The topological polar surface area (TPSA) is 39.2 Å². The number of nitrogens with zero attached hydrogens (tertiary/aromatic N) is 1. The Kier molecular flexibility index (Phi) is 3.27. The normalized spacial score (nSPS) is 12.8. The van der Waals surface area contributed by atoms with Crippen molar-refractivity contribution >= 4 is 5.78 Å². The lowest BCUT2D eigenvalue weighted by Gasteiger charge is -2.04. The number of pyridine rings is 1. The molecular weight excluding hydrogens is 238 g/mol. The number of carbonyl (C=O) groups excluding carboxylic acids is 1. The van der Waals surface area contributed by atoms with Gasteiger partial charge in [0.05, 0.1) is 6.61 Å². The zero-order chi connectivity index (χ0) is 13.1. The van der Waals surface area contributed by atoms with Crippen molar-refractivity contribution < 1.29 is 9.53 Å². The van der Waals surface area contributed by atoms with E-state index in [9.17, 15) is 4.79 Å². The Bertz CT molecular complexity index is 593. The lowest BCUT2D eigenvalue weighted by atomic mass is 10.0. The third-order valence-corrected chi connectivity index (χ3v) is 3.37. The lowest BCUT2D eigenvalue weighted by molar-refractivity contribution is 0.0982. The van der Waals surface area contributed by atoms with Gasteiger partial charge in [0.15, 0.2) is 5.78 Å². The summed E-state index contributed by atoms with van der Waals surface area (Å²) in [6.07, 6.45) is 5.71. The Labute approximate surface area is 112 Å². The zero-order valence-corrected chi connectivity index (χ0v) is 10.6. The number of Topliss-reactive ketones (excluding diaryl/α,β-unsaturated/α-hetero) is 1. The van der Waals surface area contributed by atoms with Crippen LogP contribution in [0.5, 0.6) is 5.75 Å². The van der Waals surface area contributed by atoms with Gasteiger partial charge in [-0.05, 0) is 41.8 Å². The molecule has 0 unspecified atom stereocenters. The first kappa shape index (κ1) is 11.9. The first-order valence-corrected chi connectivity index (χ1v) is 6.51. The van der Waals surface area contributed by atoms with E-state index in [-0.39, 0.29) is 5.78 Å². The third kappa shape index (κ3) is 2.65. The van der Waals surface area contributed by atoms with Crippen LogP contribution in [0.4, 0.5) is 0 Å². The van der Waals surface area contributed by atoms with E-state index in [0.29, 0.717) is 6.42 Å². The Morgan fingerprint density at radius 2 is 2.26 bits per heavy atom. The second-order valence-electron chi connectivity index (χ2n) is 4.71. The predicted molar refractivity (Wildman–Crippen MR) is 72.5 cm³/mol. The largest absolute Gasteiger partial charge is 0.493 e. The molecule has 0 N–H and O–H groups in total. The molecule has 1 aliphatic rings. The van der Waals surface area contributed by atoms with Gasteiger partial charge in [-0.2, -0.15) is 0 Å². The summed E-state index contributed by atoms with van der Waals surface area (Å²) in [7, 11) is 0. The first-order chi connectivity index (χ1) is 9.33. The number of aromatic nitrogens is 1. The Balaban J connectivity index is 1.67. The summed E-state index contributed by atoms with van der Waals surface area (Å²) in [5.41, 5.74) is 3.03. The van der Waals surface area contributed by atoms with Crippen molar-refractivity contribution in [3.63, 3.8) is 0 Å². The summed E-state index contributed by atoms with van der Waals surface area (Å²) in [5.74, 6) is 1.10. The van der Waals surface area contributed by atoms with Gasteiger partial charge in [-0.1, -0.05) is 6.07 Å². The average Bonchev–Trinajstić information content (AvgIpc) is 2.93. The van der Waals surface area contributed by atoms with Gasteiger partial charge in [0.25, 0.3) is 0 Å². The summed E-state index contributed by atoms with van der Waals surface area (Å²) in [5, 5.41) is 0. The molecule has 3 rings (SSSR count). The molecule has 0 aliphatic carbocycles. The van der Waals surface area contributed by atoms with E-state index < -0.39 is 0 Å². The van der Waals surface area contributed by atoms with Crippen LogP contribution in [0, 0.1) is 0 Å². The number of carbonyl (C=O) groups is 1. The molecular formula is C16H15NO2. The van der Waals surface area contributed by atoms with Crippen molar-refractivity contribution in [1.82, 2.24) is 4.98 Å². The molecule has 96 valence electrons. The number of hydrogen-bond donors (Lipinski definition) is 0. The Morgan fingerprint density at radius 3 is 3.11 bits per heavy atom. The molecule has 0 spiro atoms. The molecule has 19 heavy (non-hydrogen) atoms. The van der Waals surface area contributed by atoms with Gasteiger partial charge in [0.1, 0.15) is 5.75 Å². The highest BCUT2D eigenvalue weighted by atomic mass is 16.5. The van der Waals surface area contributed by atoms with Gasteiger partial charge in [-0.25, -0.2) is 0 Å². The van der Waals surface area contributed by atoms with Gasteiger partial charge in [-0.15, -0.1) is 0 Å². The monoisotopic (exact) mass is 253 g/mol. The van der Waals surface area contributed by atoms with E-state index in [4.69, 9.17) is 4.74 Å². The van der Waals surface area contributed by atoms with Gasteiger partial charge < -0.3 is 4.74 Å². The SMILES string of the molecule is O=C(CCc1cccnc1)c1ccc2c(c1)CCO2. The maximum absolute atomic E-state index is 12.2. The molecule has 1 aromatic carbocycles. The fourth-order valence-corrected chi connectivity index (χ4v) is 2.31. The molecule has 0 saturated carbocycles. The number of aryl methyl sites for hydroxylation is 1. The highest BCUT2D eigenvalue weighted by Crippen LogP contribution is 2.26. The van der Waals surface area contributed by atoms with Crippen molar-refractivity contribution in [2.24, 2.45) is 0 Å². The minimum Gasteiger partial charge on any atom is -0.493 e. The highest BCUT2D eigenvalue weighted by Gasteiger charge is 2.14. The smallest absolute Gasteiger partial charge is 0.163 e. The third-order valence-electron chi connectivity index (χ3n) is 3.37. The van der Waals surface area contributed by atoms with Crippen LogP contribution >= 0.6 is 0 Å². The van der Waals surface area contributed by atoms with Gasteiger partial charge in [0, 0.05) is 30.8 Å². The maximum Gasteiger partial charge on any atom is 0.163 e. The highest BCUT2D eigenvalue weighted by molar-refractivity contribution is 5.96. The Morgan fingerprint density at radius 1 is 1.32 bits per heavy atom. The molecule has 3 nitrogen and oxygen atoms in total. The number of rotatable bonds is 4. The molecule has 0 atom stereocenters. The quantitative estimate of drug-likeness (QED) is 0.786. The number of ether oxygens (including phenoxy) is 1. The fourth-order valence-electron chi connectivity index (χ4n) is 2.31. The second kappa shape index (κ2) is 5.22. The van der Waals surface area contributed by atoms with Crippen LogP contribution in [-0.4, -0.2) is 17.4 Å². The molecule has 0 saturated heterocycles. The standard InChI is InChI=1S/C16H15NO2/c18-15(5-3-12-2-1-8-17-11-12)13-4-6-16-14(10-13)7-9-19-16/h1-2,4,6,8,10-11H,3,5,7,9H2. The van der Waals surface area contributed by atoms with Crippen LogP contribution in [0.2, 0.25) is 0 Å². The molecule has 0 bridgehead atoms. The van der Waals surface area contributed by atoms with Crippen molar-refractivity contribution in [3.05, 3.63) is 59.4 Å². The van der Waals surface area contributed by atoms with Crippen molar-refractivity contribution in [2.75, 3.05) is 6.61 Å². The lowest BCUT2D eigenvalue weighted by Crippen LogP contribution is -2.01. The van der Waals surface area contributed by atoms with Gasteiger partial charge in [0.2, 0.25) is 0 Å². The first-order valence-electron chi connectivity index (χ1n) is 6.51. The van der Waals surface area contributed by atoms with E-state index in [1.54, 1.807) is 6.20 Å².